The van der Waals surface area contributed by atoms with Crippen LogP contribution in [0, 0.1) is 0 Å². The first-order valence-electron chi connectivity index (χ1n) is 3.62. The van der Waals surface area contributed by atoms with Crippen LogP contribution in [0.25, 0.3) is 0 Å². The number of hydrogen-bond donors (Lipinski definition) is 0. The van der Waals surface area contributed by atoms with Gasteiger partial charge in [0.05, 0.1) is 6.10 Å². The van der Waals surface area contributed by atoms with Crippen LogP contribution in [0.3, 0.4) is 0 Å². The Balaban J connectivity index is 3.30. The molecule has 1 atom stereocenters. The molecule has 0 saturated carbocycles. The van der Waals surface area contributed by atoms with Crippen LogP contribution < -0.4 is 0 Å². The Morgan fingerprint density at radius 2 is 1.33 bits per heavy atom. The highest BCUT2D eigenvalue weighted by Gasteiger charge is 2.40. The second-order valence-electron chi connectivity index (χ2n) is 2.81. The van der Waals surface area contributed by atoms with E-state index in [0.717, 1.165) is 0 Å². The van der Waals surface area contributed by atoms with Crippen molar-refractivity contribution >= 4 is 23.4 Å². The van der Waals surface area contributed by atoms with E-state index in [1.807, 2.05) is 4.52 Å². The van der Waals surface area contributed by atoms with Gasteiger partial charge in [-0.3, -0.25) is 0 Å². The standard InChI is InChI=1S/C3H7F5N3OP3/c1-3(2)12-15(8)10-13(4,5)9-14(6,7)11-15/h3H,1-2H3. The van der Waals surface area contributed by atoms with Crippen molar-refractivity contribution < 1.29 is 25.5 Å². The lowest BCUT2D eigenvalue weighted by Gasteiger charge is -2.18. The fraction of sp³-hybridized carbons (Fsp3) is 1.00. The minimum absolute atomic E-state index is 0.853. The van der Waals surface area contributed by atoms with Crippen LogP contribution in [-0.4, -0.2) is 6.10 Å². The highest BCUT2D eigenvalue weighted by molar-refractivity contribution is 7.77. The molecule has 1 aliphatic heterocycles. The zero-order valence-corrected chi connectivity index (χ0v) is 10.2. The molecule has 0 fully saturated rings. The van der Waals surface area contributed by atoms with Crippen molar-refractivity contribution in [3.8, 4) is 0 Å². The highest BCUT2D eigenvalue weighted by Crippen LogP contribution is 2.82. The lowest BCUT2D eigenvalue weighted by atomic mass is 10.5. The van der Waals surface area contributed by atoms with Gasteiger partial charge in [0.1, 0.15) is 0 Å². The van der Waals surface area contributed by atoms with Gasteiger partial charge >= 0.3 is 23.4 Å². The van der Waals surface area contributed by atoms with E-state index < -0.39 is 29.5 Å². The molecule has 0 spiro atoms. The van der Waals surface area contributed by atoms with Gasteiger partial charge in [0.15, 0.2) is 0 Å². The Labute approximate surface area is 83.2 Å². The second kappa shape index (κ2) is 3.95. The van der Waals surface area contributed by atoms with Gasteiger partial charge in [-0.25, -0.2) is 0 Å². The molecule has 15 heavy (non-hydrogen) atoms. The molecule has 1 heterocycles. The molecule has 1 unspecified atom stereocenters. The lowest BCUT2D eigenvalue weighted by molar-refractivity contribution is 0.250. The van der Waals surface area contributed by atoms with Crippen molar-refractivity contribution in [2.24, 2.45) is 13.5 Å². The van der Waals surface area contributed by atoms with Crippen LogP contribution in [-0.2, 0) is 4.52 Å². The van der Waals surface area contributed by atoms with Gasteiger partial charge in [-0.1, -0.05) is 0 Å². The molecule has 0 aliphatic carbocycles. The van der Waals surface area contributed by atoms with E-state index in [1.54, 1.807) is 0 Å². The molecule has 90 valence electrons. The average Bonchev–Trinajstić information content (AvgIpc) is 1.70. The molecule has 1 aliphatic rings. The van der Waals surface area contributed by atoms with Crippen molar-refractivity contribution in [3.05, 3.63) is 0 Å². The maximum Gasteiger partial charge on any atom is 0.425 e. The predicted octanol–water partition coefficient (Wildman–Crippen LogP) is 6.11. The summed E-state index contributed by atoms with van der Waals surface area (Å²) >= 11 is 0. The summed E-state index contributed by atoms with van der Waals surface area (Å²) in [5, 5.41) is 0. The number of rotatable bonds is 2. The molecule has 0 radical (unpaired) electrons. The van der Waals surface area contributed by atoms with Gasteiger partial charge in [-0.05, 0) is 13.8 Å². The fourth-order valence-electron chi connectivity index (χ4n) is 0.759. The van der Waals surface area contributed by atoms with E-state index in [1.165, 1.54) is 13.8 Å². The summed E-state index contributed by atoms with van der Waals surface area (Å²) in [6, 6.07) is 0. The molecule has 12 heteroatoms. The third-order valence-corrected chi connectivity index (χ3v) is 6.89. The lowest BCUT2D eigenvalue weighted by Crippen LogP contribution is -1.97. The minimum Gasteiger partial charge on any atom is -0.300 e. The first kappa shape index (κ1) is 13.4. The number of hydrogen-bond acceptors (Lipinski definition) is 4. The maximum atomic E-state index is 13.4. The quantitative estimate of drug-likeness (QED) is 0.446. The molecule has 0 saturated heterocycles. The Kier molecular flexibility index (Phi) is 3.52. The van der Waals surface area contributed by atoms with E-state index in [2.05, 4.69) is 13.6 Å². The monoisotopic (exact) mass is 289 g/mol. The molecule has 0 amide bonds. The van der Waals surface area contributed by atoms with Crippen molar-refractivity contribution in [2.45, 2.75) is 20.0 Å². The highest BCUT2D eigenvalue weighted by atomic mass is 31.3. The van der Waals surface area contributed by atoms with Crippen molar-refractivity contribution in [2.75, 3.05) is 0 Å². The van der Waals surface area contributed by atoms with Crippen LogP contribution >= 0.6 is 23.4 Å². The van der Waals surface area contributed by atoms with E-state index in [0.29, 0.717) is 0 Å². The van der Waals surface area contributed by atoms with E-state index in [4.69, 9.17) is 0 Å². The molecule has 1 rings (SSSR count). The first-order chi connectivity index (χ1) is 6.54. The number of halogens is 5. The van der Waals surface area contributed by atoms with E-state index in [9.17, 15) is 21.0 Å². The zero-order chi connectivity index (χ0) is 11.9. The van der Waals surface area contributed by atoms with Gasteiger partial charge in [0.25, 0.3) is 0 Å². The van der Waals surface area contributed by atoms with Gasteiger partial charge in [-0.2, -0.15) is 4.20 Å². The molecular weight excluding hydrogens is 282 g/mol. The van der Waals surface area contributed by atoms with Crippen molar-refractivity contribution in [1.82, 2.24) is 0 Å². The average molecular weight is 289 g/mol. The van der Waals surface area contributed by atoms with Gasteiger partial charge in [-0.15, -0.1) is 30.3 Å². The van der Waals surface area contributed by atoms with Crippen LogP contribution in [0.2, 0.25) is 0 Å². The molecular formula is C3H7F5N3OP3. The van der Waals surface area contributed by atoms with Crippen LogP contribution in [0.4, 0.5) is 21.0 Å². The fourth-order valence-corrected chi connectivity index (χ4v) is 6.19. The molecule has 0 N–H and O–H groups in total. The smallest absolute Gasteiger partial charge is 0.300 e. The largest absolute Gasteiger partial charge is 0.425 e. The summed E-state index contributed by atoms with van der Waals surface area (Å²) in [5.74, 6) is 0. The second-order valence-corrected chi connectivity index (χ2v) is 7.93. The molecule has 0 aromatic heterocycles. The zero-order valence-electron chi connectivity index (χ0n) is 7.56. The summed E-state index contributed by atoms with van der Waals surface area (Å²) in [6.07, 6.45) is -0.853. The normalized spacial score (nSPS) is 32.8. The van der Waals surface area contributed by atoms with Gasteiger partial charge in [0, 0.05) is 0 Å². The van der Waals surface area contributed by atoms with Gasteiger partial charge < -0.3 is 4.52 Å². The topological polar surface area (TPSA) is 46.3 Å². The SMILES string of the molecule is CC(C)OP1(F)=NP(F)(F)=NP(F)(F)=N1. The number of nitrogens with zero attached hydrogens (tertiary/aromatic N) is 3. The summed E-state index contributed by atoms with van der Waals surface area (Å²) in [6.45, 7) is 2.62. The third-order valence-electron chi connectivity index (χ3n) is 0.996. The Hall–Kier alpha value is 0.300. The maximum absolute atomic E-state index is 13.4. The first-order valence-corrected chi connectivity index (χ1v) is 8.07. The Bertz CT molecular complexity index is 413. The molecule has 0 aromatic carbocycles. The molecule has 0 aromatic rings. The van der Waals surface area contributed by atoms with Crippen molar-refractivity contribution in [3.63, 3.8) is 0 Å². The Morgan fingerprint density at radius 1 is 0.867 bits per heavy atom. The third kappa shape index (κ3) is 3.99. The van der Waals surface area contributed by atoms with Gasteiger partial charge in [0.2, 0.25) is 0 Å². The summed E-state index contributed by atoms with van der Waals surface area (Å²) < 4.78 is 74.7. The van der Waals surface area contributed by atoms with E-state index >= 15 is 0 Å². The molecule has 0 bridgehead atoms. The van der Waals surface area contributed by atoms with Crippen molar-refractivity contribution in [1.29, 1.82) is 0 Å². The van der Waals surface area contributed by atoms with Crippen LogP contribution in [0.5, 0.6) is 0 Å². The predicted molar refractivity (Wildman–Crippen MR) is 49.8 cm³/mol. The van der Waals surface area contributed by atoms with Crippen LogP contribution in [0.1, 0.15) is 13.8 Å². The summed E-state index contributed by atoms with van der Waals surface area (Å²) in [7, 11) is -16.2. The van der Waals surface area contributed by atoms with E-state index in [-0.39, 0.29) is 0 Å². The van der Waals surface area contributed by atoms with Crippen LogP contribution in [0.15, 0.2) is 13.5 Å². The molecule has 4 nitrogen and oxygen atoms in total. The minimum atomic E-state index is -5.63. The Morgan fingerprint density at radius 3 is 1.73 bits per heavy atom. The summed E-state index contributed by atoms with van der Waals surface area (Å²) in [5.41, 5.74) is 0. The summed E-state index contributed by atoms with van der Waals surface area (Å²) in [4.78, 5) is 0.